The van der Waals surface area contributed by atoms with Crippen molar-refractivity contribution < 1.29 is 14.3 Å². The number of carbonyl (C=O) groups is 2. The predicted octanol–water partition coefficient (Wildman–Crippen LogP) is 2.09. The van der Waals surface area contributed by atoms with Gasteiger partial charge in [-0.2, -0.15) is 0 Å². The number of hydrogen-bond donors (Lipinski definition) is 1. The van der Waals surface area contributed by atoms with Crippen LogP contribution < -0.4 is 15.0 Å². The first kappa shape index (κ1) is 14.8. The molecule has 1 aromatic rings. The zero-order valence-corrected chi connectivity index (χ0v) is 13.4. The van der Waals surface area contributed by atoms with E-state index in [2.05, 4.69) is 21.2 Å². The van der Waals surface area contributed by atoms with Crippen LogP contribution in [0.2, 0.25) is 0 Å². The number of carbonyl (C=O) groups excluding carboxylic acids is 2. The second-order valence-electron chi connectivity index (χ2n) is 5.28. The second-order valence-corrected chi connectivity index (χ2v) is 6.14. The SMILES string of the molecule is COc1ccc(N2C(=O)C(C)(C)NC(=O)C2C)cc1Br. The molecular weight excluding hydrogens is 324 g/mol. The van der Waals surface area contributed by atoms with Crippen LogP contribution >= 0.6 is 15.9 Å². The van der Waals surface area contributed by atoms with Gasteiger partial charge >= 0.3 is 0 Å². The van der Waals surface area contributed by atoms with E-state index in [1.54, 1.807) is 46.1 Å². The molecule has 0 bridgehead atoms. The second kappa shape index (κ2) is 5.09. The maximum atomic E-state index is 12.5. The maximum absolute atomic E-state index is 12.5. The summed E-state index contributed by atoms with van der Waals surface area (Å²) in [6.07, 6.45) is 0. The van der Waals surface area contributed by atoms with Crippen LogP contribution in [0.1, 0.15) is 20.8 Å². The van der Waals surface area contributed by atoms with E-state index in [1.165, 1.54) is 4.90 Å². The highest BCUT2D eigenvalue weighted by molar-refractivity contribution is 9.10. The standard InChI is InChI=1S/C14H17BrN2O3/c1-8-12(18)16-14(2,3)13(19)17(8)9-5-6-11(20-4)10(15)7-9/h5-8H,1-4H3,(H,16,18). The molecule has 1 N–H and O–H groups in total. The Morgan fingerprint density at radius 3 is 2.55 bits per heavy atom. The molecule has 1 aromatic carbocycles. The van der Waals surface area contributed by atoms with E-state index in [9.17, 15) is 9.59 Å². The molecule has 0 spiro atoms. The zero-order chi connectivity index (χ0) is 15.1. The van der Waals surface area contributed by atoms with Crippen LogP contribution in [0.5, 0.6) is 5.75 Å². The van der Waals surface area contributed by atoms with Crippen LogP contribution in [-0.4, -0.2) is 30.5 Å². The van der Waals surface area contributed by atoms with Crippen molar-refractivity contribution in [3.63, 3.8) is 0 Å². The quantitative estimate of drug-likeness (QED) is 0.896. The Kier molecular flexibility index (Phi) is 3.77. The van der Waals surface area contributed by atoms with Gasteiger partial charge in [0.2, 0.25) is 5.91 Å². The lowest BCUT2D eigenvalue weighted by Crippen LogP contribution is -2.67. The van der Waals surface area contributed by atoms with Crippen LogP contribution in [0.25, 0.3) is 0 Å². The Morgan fingerprint density at radius 1 is 1.35 bits per heavy atom. The van der Waals surface area contributed by atoms with Gasteiger partial charge in [0.25, 0.3) is 5.91 Å². The van der Waals surface area contributed by atoms with Crippen molar-refractivity contribution in [1.29, 1.82) is 0 Å². The van der Waals surface area contributed by atoms with Gasteiger partial charge in [-0.15, -0.1) is 0 Å². The minimum absolute atomic E-state index is 0.137. The van der Waals surface area contributed by atoms with E-state index in [0.29, 0.717) is 11.4 Å². The Labute approximate surface area is 126 Å². The number of benzene rings is 1. The highest BCUT2D eigenvalue weighted by Gasteiger charge is 2.44. The topological polar surface area (TPSA) is 58.6 Å². The van der Waals surface area contributed by atoms with Crippen molar-refractivity contribution >= 4 is 33.4 Å². The molecule has 2 rings (SSSR count). The Bertz CT molecular complexity index is 572. The van der Waals surface area contributed by atoms with Crippen molar-refractivity contribution in [1.82, 2.24) is 5.32 Å². The summed E-state index contributed by atoms with van der Waals surface area (Å²) in [5, 5.41) is 2.73. The van der Waals surface area contributed by atoms with E-state index >= 15 is 0 Å². The summed E-state index contributed by atoms with van der Waals surface area (Å²) in [7, 11) is 1.57. The molecule has 2 amide bonds. The summed E-state index contributed by atoms with van der Waals surface area (Å²) in [5.41, 5.74) is -0.242. The van der Waals surface area contributed by atoms with Gasteiger partial charge < -0.3 is 10.1 Å². The molecule has 6 heteroatoms. The third-order valence-electron chi connectivity index (χ3n) is 3.37. The minimum atomic E-state index is -0.907. The lowest BCUT2D eigenvalue weighted by atomic mass is 9.96. The average molecular weight is 341 g/mol. The first-order valence-electron chi connectivity index (χ1n) is 6.27. The Hall–Kier alpha value is -1.56. The molecule has 0 saturated carbocycles. The van der Waals surface area contributed by atoms with Crippen LogP contribution in [0, 0.1) is 0 Å². The summed E-state index contributed by atoms with van der Waals surface area (Å²) in [4.78, 5) is 26.1. The van der Waals surface area contributed by atoms with E-state index in [-0.39, 0.29) is 11.8 Å². The van der Waals surface area contributed by atoms with Crippen molar-refractivity contribution in [2.45, 2.75) is 32.4 Å². The number of piperazine rings is 1. The molecule has 1 fully saturated rings. The largest absolute Gasteiger partial charge is 0.496 e. The van der Waals surface area contributed by atoms with Gasteiger partial charge in [-0.25, -0.2) is 0 Å². The Morgan fingerprint density at radius 2 is 2.00 bits per heavy atom. The number of halogens is 1. The van der Waals surface area contributed by atoms with Crippen molar-refractivity contribution in [2.75, 3.05) is 12.0 Å². The average Bonchev–Trinajstić information content (AvgIpc) is 2.37. The highest BCUT2D eigenvalue weighted by Crippen LogP contribution is 2.32. The molecule has 1 atom stereocenters. The van der Waals surface area contributed by atoms with Gasteiger partial charge in [0.05, 0.1) is 11.6 Å². The lowest BCUT2D eigenvalue weighted by Gasteiger charge is -2.41. The van der Waals surface area contributed by atoms with Crippen LogP contribution in [-0.2, 0) is 9.59 Å². The number of ether oxygens (including phenoxy) is 1. The van der Waals surface area contributed by atoms with E-state index < -0.39 is 11.6 Å². The molecule has 1 aliphatic rings. The fraction of sp³-hybridized carbons (Fsp3) is 0.429. The number of hydrogen-bond acceptors (Lipinski definition) is 3. The number of anilines is 1. The van der Waals surface area contributed by atoms with Gasteiger partial charge in [0, 0.05) is 5.69 Å². The van der Waals surface area contributed by atoms with Gasteiger partial charge in [0.1, 0.15) is 17.3 Å². The molecule has 1 heterocycles. The van der Waals surface area contributed by atoms with Gasteiger partial charge in [-0.05, 0) is 54.9 Å². The van der Waals surface area contributed by atoms with Gasteiger partial charge in [-0.1, -0.05) is 0 Å². The molecule has 1 unspecified atom stereocenters. The fourth-order valence-electron chi connectivity index (χ4n) is 2.21. The number of amides is 2. The summed E-state index contributed by atoms with van der Waals surface area (Å²) in [5.74, 6) is 0.373. The van der Waals surface area contributed by atoms with Crippen LogP contribution in [0.3, 0.4) is 0 Å². The number of rotatable bonds is 2. The maximum Gasteiger partial charge on any atom is 0.252 e. The van der Waals surface area contributed by atoms with Gasteiger partial charge in [0.15, 0.2) is 0 Å². The number of nitrogens with one attached hydrogen (secondary N) is 1. The molecule has 0 aliphatic carbocycles. The highest BCUT2D eigenvalue weighted by atomic mass is 79.9. The van der Waals surface area contributed by atoms with Crippen molar-refractivity contribution in [3.8, 4) is 5.75 Å². The van der Waals surface area contributed by atoms with E-state index in [0.717, 1.165) is 4.47 Å². The summed E-state index contributed by atoms with van der Waals surface area (Å²) in [6, 6.07) is 4.77. The number of nitrogens with zero attached hydrogens (tertiary/aromatic N) is 1. The number of methoxy groups -OCH3 is 1. The van der Waals surface area contributed by atoms with Gasteiger partial charge in [-0.3, -0.25) is 14.5 Å². The first-order chi connectivity index (χ1) is 9.27. The summed E-state index contributed by atoms with van der Waals surface area (Å²) >= 11 is 3.39. The molecule has 0 radical (unpaired) electrons. The monoisotopic (exact) mass is 340 g/mol. The van der Waals surface area contributed by atoms with Crippen molar-refractivity contribution in [3.05, 3.63) is 22.7 Å². The van der Waals surface area contributed by atoms with Crippen LogP contribution in [0.15, 0.2) is 22.7 Å². The predicted molar refractivity (Wildman–Crippen MR) is 79.9 cm³/mol. The first-order valence-corrected chi connectivity index (χ1v) is 7.06. The molecule has 1 aliphatic heterocycles. The molecular formula is C14H17BrN2O3. The van der Waals surface area contributed by atoms with Crippen molar-refractivity contribution in [2.24, 2.45) is 0 Å². The normalized spacial score (nSPS) is 21.6. The lowest BCUT2D eigenvalue weighted by molar-refractivity contribution is -0.136. The smallest absolute Gasteiger partial charge is 0.252 e. The molecule has 108 valence electrons. The third kappa shape index (κ3) is 2.40. The fourth-order valence-corrected chi connectivity index (χ4v) is 2.73. The molecule has 5 nitrogen and oxygen atoms in total. The minimum Gasteiger partial charge on any atom is -0.496 e. The third-order valence-corrected chi connectivity index (χ3v) is 3.99. The molecule has 1 saturated heterocycles. The molecule has 0 aromatic heterocycles. The van der Waals surface area contributed by atoms with E-state index in [1.807, 2.05) is 0 Å². The molecule has 20 heavy (non-hydrogen) atoms. The van der Waals surface area contributed by atoms with Crippen LogP contribution in [0.4, 0.5) is 5.69 Å². The summed E-state index contributed by atoms with van der Waals surface area (Å²) in [6.45, 7) is 5.11. The van der Waals surface area contributed by atoms with E-state index in [4.69, 9.17) is 4.74 Å². The summed E-state index contributed by atoms with van der Waals surface area (Å²) < 4.78 is 5.91. The zero-order valence-electron chi connectivity index (χ0n) is 11.9. The Balaban J connectivity index is 2.46.